The van der Waals surface area contributed by atoms with Crippen LogP contribution in [-0.4, -0.2) is 38.7 Å². The number of aliphatic hydroxyl groups is 1. The maximum absolute atomic E-state index is 11.6. The fourth-order valence-corrected chi connectivity index (χ4v) is 2.92. The van der Waals surface area contributed by atoms with Crippen LogP contribution < -0.4 is 9.47 Å². The molecule has 0 aromatic heterocycles. The van der Waals surface area contributed by atoms with E-state index in [4.69, 9.17) is 9.47 Å². The van der Waals surface area contributed by atoms with E-state index >= 15 is 0 Å². The third-order valence-corrected chi connectivity index (χ3v) is 4.66. The first-order valence-electron chi connectivity index (χ1n) is 6.59. The van der Waals surface area contributed by atoms with E-state index in [1.807, 2.05) is 6.92 Å². The summed E-state index contributed by atoms with van der Waals surface area (Å²) in [7, 11) is -1.55. The van der Waals surface area contributed by atoms with E-state index in [2.05, 4.69) is 0 Å². The average molecular weight is 302 g/mol. The summed E-state index contributed by atoms with van der Waals surface area (Å²) in [5.41, 5.74) is 0.716. The number of sulfone groups is 1. The number of aliphatic hydroxyl groups excluding tert-OH is 1. The van der Waals surface area contributed by atoms with Crippen LogP contribution in [0, 0.1) is 0 Å². The first-order chi connectivity index (χ1) is 9.39. The standard InChI is InChI=1S/C14H22O5S/c1-4-8-20(16,17)9-7-19-13-6-5-12(11(2)15)10-14(13)18-3/h5-6,10-11,15H,4,7-9H2,1-3H3/t11-/m0/s1. The SMILES string of the molecule is CCCS(=O)(=O)CCOc1ccc([C@H](C)O)cc1OC. The van der Waals surface area contributed by atoms with E-state index in [1.165, 1.54) is 7.11 Å². The average Bonchev–Trinajstić information content (AvgIpc) is 2.38. The molecule has 1 atom stereocenters. The molecule has 0 spiro atoms. The topological polar surface area (TPSA) is 72.8 Å². The normalized spacial score (nSPS) is 13.0. The van der Waals surface area contributed by atoms with E-state index in [0.29, 0.717) is 23.5 Å². The van der Waals surface area contributed by atoms with E-state index in [1.54, 1.807) is 25.1 Å². The van der Waals surface area contributed by atoms with Crippen molar-refractivity contribution in [2.24, 2.45) is 0 Å². The number of methoxy groups -OCH3 is 1. The molecular formula is C14H22O5S. The lowest BCUT2D eigenvalue weighted by atomic mass is 10.1. The van der Waals surface area contributed by atoms with E-state index in [0.717, 1.165) is 0 Å². The predicted octanol–water partition coefficient (Wildman–Crippen LogP) is 1.95. The van der Waals surface area contributed by atoms with Crippen molar-refractivity contribution in [3.63, 3.8) is 0 Å². The van der Waals surface area contributed by atoms with E-state index in [9.17, 15) is 13.5 Å². The van der Waals surface area contributed by atoms with E-state index in [-0.39, 0.29) is 18.1 Å². The molecule has 0 radical (unpaired) electrons. The summed E-state index contributed by atoms with van der Waals surface area (Å²) in [4.78, 5) is 0. The molecule has 0 bridgehead atoms. The quantitative estimate of drug-likeness (QED) is 0.794. The van der Waals surface area contributed by atoms with Crippen molar-refractivity contribution in [1.82, 2.24) is 0 Å². The van der Waals surface area contributed by atoms with Gasteiger partial charge in [-0.25, -0.2) is 8.42 Å². The van der Waals surface area contributed by atoms with Gasteiger partial charge in [-0.15, -0.1) is 0 Å². The van der Waals surface area contributed by atoms with Gasteiger partial charge in [0.2, 0.25) is 0 Å². The van der Waals surface area contributed by atoms with Crippen LogP contribution in [0.2, 0.25) is 0 Å². The predicted molar refractivity (Wildman–Crippen MR) is 78.1 cm³/mol. The minimum absolute atomic E-state index is 0.0118. The second-order valence-electron chi connectivity index (χ2n) is 4.59. The van der Waals surface area contributed by atoms with Gasteiger partial charge in [0, 0.05) is 0 Å². The summed E-state index contributed by atoms with van der Waals surface area (Å²) in [5.74, 6) is 1.12. The molecule has 0 amide bonds. The van der Waals surface area contributed by atoms with Gasteiger partial charge in [0.05, 0.1) is 24.7 Å². The smallest absolute Gasteiger partial charge is 0.161 e. The van der Waals surface area contributed by atoms with Gasteiger partial charge in [0.25, 0.3) is 0 Å². The molecule has 5 nitrogen and oxygen atoms in total. The van der Waals surface area contributed by atoms with Crippen molar-refractivity contribution < 1.29 is 23.0 Å². The number of rotatable bonds is 8. The molecular weight excluding hydrogens is 280 g/mol. The fourth-order valence-electron chi connectivity index (χ4n) is 1.75. The minimum atomic E-state index is -3.05. The monoisotopic (exact) mass is 302 g/mol. The molecule has 0 heterocycles. The molecule has 0 saturated heterocycles. The Morgan fingerprint density at radius 1 is 1.25 bits per heavy atom. The fraction of sp³-hybridized carbons (Fsp3) is 0.571. The number of hydrogen-bond donors (Lipinski definition) is 1. The summed E-state index contributed by atoms with van der Waals surface area (Å²) in [6.45, 7) is 3.58. The van der Waals surface area contributed by atoms with Crippen molar-refractivity contribution in [2.75, 3.05) is 25.2 Å². The van der Waals surface area contributed by atoms with Crippen LogP contribution in [0.15, 0.2) is 18.2 Å². The second-order valence-corrected chi connectivity index (χ2v) is 6.89. The maximum Gasteiger partial charge on any atom is 0.161 e. The van der Waals surface area contributed by atoms with Crippen molar-refractivity contribution >= 4 is 9.84 Å². The lowest BCUT2D eigenvalue weighted by molar-refractivity contribution is 0.198. The van der Waals surface area contributed by atoms with Gasteiger partial charge >= 0.3 is 0 Å². The molecule has 0 unspecified atom stereocenters. The Balaban J connectivity index is 2.69. The zero-order chi connectivity index (χ0) is 15.2. The number of ether oxygens (including phenoxy) is 2. The largest absolute Gasteiger partial charge is 0.493 e. The zero-order valence-electron chi connectivity index (χ0n) is 12.1. The van der Waals surface area contributed by atoms with Crippen molar-refractivity contribution in [1.29, 1.82) is 0 Å². The second kappa shape index (κ2) is 7.50. The van der Waals surface area contributed by atoms with Crippen molar-refractivity contribution in [3.8, 4) is 11.5 Å². The van der Waals surface area contributed by atoms with Crippen LogP contribution in [0.25, 0.3) is 0 Å². The highest BCUT2D eigenvalue weighted by Crippen LogP contribution is 2.30. The lowest BCUT2D eigenvalue weighted by Crippen LogP contribution is -2.17. The van der Waals surface area contributed by atoms with E-state index < -0.39 is 15.9 Å². The van der Waals surface area contributed by atoms with Crippen LogP contribution in [0.4, 0.5) is 0 Å². The van der Waals surface area contributed by atoms with Gasteiger partial charge in [-0.2, -0.15) is 0 Å². The summed E-state index contributed by atoms with van der Waals surface area (Å²) >= 11 is 0. The number of benzene rings is 1. The van der Waals surface area contributed by atoms with Gasteiger partial charge in [-0.1, -0.05) is 13.0 Å². The van der Waals surface area contributed by atoms with Crippen LogP contribution in [-0.2, 0) is 9.84 Å². The number of hydrogen-bond acceptors (Lipinski definition) is 5. The zero-order valence-corrected chi connectivity index (χ0v) is 12.9. The Kier molecular flexibility index (Phi) is 6.29. The minimum Gasteiger partial charge on any atom is -0.493 e. The highest BCUT2D eigenvalue weighted by molar-refractivity contribution is 7.91. The van der Waals surface area contributed by atoms with Gasteiger partial charge < -0.3 is 14.6 Å². The maximum atomic E-state index is 11.6. The van der Waals surface area contributed by atoms with Crippen LogP contribution >= 0.6 is 0 Å². The van der Waals surface area contributed by atoms with Gasteiger partial charge in [-0.3, -0.25) is 0 Å². The van der Waals surface area contributed by atoms with Gasteiger partial charge in [0.1, 0.15) is 6.61 Å². The third kappa shape index (κ3) is 5.02. The Morgan fingerprint density at radius 3 is 2.50 bits per heavy atom. The summed E-state index contributed by atoms with van der Waals surface area (Å²) in [6, 6.07) is 5.08. The Morgan fingerprint density at radius 2 is 1.95 bits per heavy atom. The Hall–Kier alpha value is -1.27. The molecule has 0 aliphatic heterocycles. The molecule has 1 N–H and O–H groups in total. The molecule has 114 valence electrons. The molecule has 1 aromatic rings. The highest BCUT2D eigenvalue weighted by atomic mass is 32.2. The van der Waals surface area contributed by atoms with Crippen molar-refractivity contribution in [2.45, 2.75) is 26.4 Å². The molecule has 0 fully saturated rings. The van der Waals surface area contributed by atoms with Gasteiger partial charge in [-0.05, 0) is 31.0 Å². The van der Waals surface area contributed by atoms with Crippen LogP contribution in [0.5, 0.6) is 11.5 Å². The summed E-state index contributed by atoms with van der Waals surface area (Å²) < 4.78 is 33.8. The summed E-state index contributed by atoms with van der Waals surface area (Å²) in [5, 5.41) is 9.50. The van der Waals surface area contributed by atoms with Crippen molar-refractivity contribution in [3.05, 3.63) is 23.8 Å². The molecule has 6 heteroatoms. The first-order valence-corrected chi connectivity index (χ1v) is 8.41. The molecule has 0 aliphatic rings. The molecule has 0 saturated carbocycles. The summed E-state index contributed by atoms with van der Waals surface area (Å²) in [6.07, 6.45) is 0.0113. The third-order valence-electron chi connectivity index (χ3n) is 2.84. The molecule has 20 heavy (non-hydrogen) atoms. The van der Waals surface area contributed by atoms with Crippen LogP contribution in [0.3, 0.4) is 0 Å². The highest BCUT2D eigenvalue weighted by Gasteiger charge is 2.12. The van der Waals surface area contributed by atoms with Crippen LogP contribution in [0.1, 0.15) is 31.9 Å². The Bertz CT molecular complexity index is 522. The first kappa shape index (κ1) is 16.8. The molecule has 1 rings (SSSR count). The lowest BCUT2D eigenvalue weighted by Gasteiger charge is -2.13. The van der Waals surface area contributed by atoms with Gasteiger partial charge in [0.15, 0.2) is 21.3 Å². The Labute approximate surface area is 120 Å². The molecule has 0 aliphatic carbocycles. The molecule has 1 aromatic carbocycles.